The maximum Gasteiger partial charge on any atom is 0.236 e. The van der Waals surface area contributed by atoms with Crippen LogP contribution in [0.25, 0.3) is 0 Å². The van der Waals surface area contributed by atoms with Gasteiger partial charge in [0, 0.05) is 26.7 Å². The van der Waals surface area contributed by atoms with Crippen LogP contribution in [-0.2, 0) is 4.79 Å². The van der Waals surface area contributed by atoms with E-state index in [9.17, 15) is 4.79 Å². The molecule has 4 heteroatoms. The molecule has 0 saturated heterocycles. The van der Waals surface area contributed by atoms with Gasteiger partial charge in [0.2, 0.25) is 5.91 Å². The number of rotatable bonds is 5. The Kier molecular flexibility index (Phi) is 5.66. The van der Waals surface area contributed by atoms with E-state index in [0.717, 1.165) is 6.54 Å². The van der Waals surface area contributed by atoms with Crippen molar-refractivity contribution < 1.29 is 4.79 Å². The summed E-state index contributed by atoms with van der Waals surface area (Å²) in [5.74, 6) is 0.127. The highest BCUT2D eigenvalue weighted by molar-refractivity contribution is 5.77. The molecular weight excluding hydrogens is 166 g/mol. The lowest BCUT2D eigenvalue weighted by molar-refractivity contribution is -0.130. The number of carbonyl (C=O) groups is 1. The molecule has 0 saturated carbocycles. The Balaban J connectivity index is 4.05. The van der Waals surface area contributed by atoms with E-state index in [1.54, 1.807) is 19.0 Å². The van der Waals surface area contributed by atoms with Crippen LogP contribution in [-0.4, -0.2) is 55.5 Å². The average Bonchev–Trinajstić information content (AvgIpc) is 2.12. The summed E-state index contributed by atoms with van der Waals surface area (Å²) in [6, 6.07) is 0.272. The first kappa shape index (κ1) is 12.4. The molecule has 13 heavy (non-hydrogen) atoms. The molecule has 0 radical (unpaired) electrons. The van der Waals surface area contributed by atoms with Gasteiger partial charge in [0.25, 0.3) is 0 Å². The molecule has 0 aliphatic carbocycles. The SMILES string of the molecule is CCN(CC(=O)N(C)C)C(C)CN. The van der Waals surface area contributed by atoms with Gasteiger partial charge in [-0.05, 0) is 13.5 Å². The van der Waals surface area contributed by atoms with Crippen molar-refractivity contribution in [2.24, 2.45) is 5.73 Å². The van der Waals surface area contributed by atoms with Gasteiger partial charge in [0.15, 0.2) is 0 Å². The number of amides is 1. The van der Waals surface area contributed by atoms with Gasteiger partial charge in [-0.25, -0.2) is 0 Å². The normalized spacial score (nSPS) is 13.1. The smallest absolute Gasteiger partial charge is 0.236 e. The van der Waals surface area contributed by atoms with Crippen LogP contribution in [0.2, 0.25) is 0 Å². The van der Waals surface area contributed by atoms with Crippen molar-refractivity contribution in [3.05, 3.63) is 0 Å². The fourth-order valence-corrected chi connectivity index (χ4v) is 1.04. The van der Waals surface area contributed by atoms with E-state index in [-0.39, 0.29) is 11.9 Å². The number of hydrogen-bond acceptors (Lipinski definition) is 3. The molecule has 4 nitrogen and oxygen atoms in total. The minimum Gasteiger partial charge on any atom is -0.348 e. The second-order valence-electron chi connectivity index (χ2n) is 3.44. The second-order valence-corrected chi connectivity index (χ2v) is 3.44. The standard InChI is InChI=1S/C9H21N3O/c1-5-12(8(2)6-10)7-9(13)11(3)4/h8H,5-7,10H2,1-4H3. The minimum atomic E-state index is 0.127. The third kappa shape index (κ3) is 4.24. The first-order valence-corrected chi connectivity index (χ1v) is 4.67. The zero-order valence-corrected chi connectivity index (χ0v) is 9.08. The molecule has 1 atom stereocenters. The van der Waals surface area contributed by atoms with Gasteiger partial charge in [-0.3, -0.25) is 9.69 Å². The predicted octanol–water partition coefficient (Wildman–Crippen LogP) is -0.256. The monoisotopic (exact) mass is 187 g/mol. The van der Waals surface area contributed by atoms with Crippen LogP contribution in [0.3, 0.4) is 0 Å². The summed E-state index contributed by atoms with van der Waals surface area (Å²) in [7, 11) is 3.53. The molecule has 0 heterocycles. The first-order chi connectivity index (χ1) is 6.02. The molecule has 0 fully saturated rings. The van der Waals surface area contributed by atoms with Crippen molar-refractivity contribution >= 4 is 5.91 Å². The average molecular weight is 187 g/mol. The molecule has 0 aromatic rings. The molecule has 2 N–H and O–H groups in total. The van der Waals surface area contributed by atoms with E-state index in [0.29, 0.717) is 13.1 Å². The highest BCUT2D eigenvalue weighted by Crippen LogP contribution is 1.97. The zero-order chi connectivity index (χ0) is 10.4. The molecule has 0 bridgehead atoms. The van der Waals surface area contributed by atoms with E-state index < -0.39 is 0 Å². The number of hydrogen-bond donors (Lipinski definition) is 1. The van der Waals surface area contributed by atoms with Crippen molar-refractivity contribution in [3.63, 3.8) is 0 Å². The Bertz CT molecular complexity index is 159. The summed E-state index contributed by atoms with van der Waals surface area (Å²) in [5.41, 5.74) is 5.53. The van der Waals surface area contributed by atoms with Crippen molar-refractivity contribution in [2.45, 2.75) is 19.9 Å². The molecule has 1 unspecified atom stereocenters. The third-order valence-electron chi connectivity index (χ3n) is 2.21. The highest BCUT2D eigenvalue weighted by Gasteiger charge is 2.14. The lowest BCUT2D eigenvalue weighted by Gasteiger charge is -2.27. The van der Waals surface area contributed by atoms with Gasteiger partial charge >= 0.3 is 0 Å². The molecule has 1 amide bonds. The Morgan fingerprint density at radius 3 is 2.31 bits per heavy atom. The largest absolute Gasteiger partial charge is 0.348 e. The number of nitrogens with two attached hydrogens (primary N) is 1. The number of nitrogens with zero attached hydrogens (tertiary/aromatic N) is 2. The molecule has 0 spiro atoms. The fourth-order valence-electron chi connectivity index (χ4n) is 1.04. The highest BCUT2D eigenvalue weighted by atomic mass is 16.2. The van der Waals surface area contributed by atoms with Gasteiger partial charge < -0.3 is 10.6 Å². The van der Waals surface area contributed by atoms with Gasteiger partial charge in [-0.2, -0.15) is 0 Å². The summed E-state index contributed by atoms with van der Waals surface area (Å²) in [6.07, 6.45) is 0. The Hall–Kier alpha value is -0.610. The van der Waals surface area contributed by atoms with Gasteiger partial charge in [0.05, 0.1) is 6.54 Å². The van der Waals surface area contributed by atoms with Crippen molar-refractivity contribution in [3.8, 4) is 0 Å². The Morgan fingerprint density at radius 1 is 1.46 bits per heavy atom. The van der Waals surface area contributed by atoms with Crippen LogP contribution in [0.1, 0.15) is 13.8 Å². The van der Waals surface area contributed by atoms with Crippen LogP contribution in [0.4, 0.5) is 0 Å². The van der Waals surface area contributed by atoms with Crippen molar-refractivity contribution in [2.75, 3.05) is 33.7 Å². The Labute approximate surface area is 80.7 Å². The van der Waals surface area contributed by atoms with Gasteiger partial charge in [0.1, 0.15) is 0 Å². The summed E-state index contributed by atoms with van der Waals surface area (Å²) < 4.78 is 0. The predicted molar refractivity (Wildman–Crippen MR) is 54.5 cm³/mol. The van der Waals surface area contributed by atoms with Crippen LogP contribution in [0.5, 0.6) is 0 Å². The molecule has 0 rings (SSSR count). The first-order valence-electron chi connectivity index (χ1n) is 4.67. The third-order valence-corrected chi connectivity index (χ3v) is 2.21. The van der Waals surface area contributed by atoms with E-state index in [1.165, 1.54) is 0 Å². The van der Waals surface area contributed by atoms with Crippen molar-refractivity contribution in [1.82, 2.24) is 9.80 Å². The fraction of sp³-hybridized carbons (Fsp3) is 0.889. The van der Waals surface area contributed by atoms with E-state index in [1.807, 2.05) is 13.8 Å². The number of likely N-dealkylation sites (N-methyl/N-ethyl adjacent to an activating group) is 2. The van der Waals surface area contributed by atoms with Gasteiger partial charge in [-0.1, -0.05) is 6.92 Å². The summed E-state index contributed by atoms with van der Waals surface area (Å²) in [6.45, 7) is 5.98. The lowest BCUT2D eigenvalue weighted by atomic mass is 10.3. The quantitative estimate of drug-likeness (QED) is 0.645. The van der Waals surface area contributed by atoms with Crippen LogP contribution < -0.4 is 5.73 Å². The topological polar surface area (TPSA) is 49.6 Å². The number of carbonyl (C=O) groups excluding carboxylic acids is 1. The van der Waals surface area contributed by atoms with Crippen molar-refractivity contribution in [1.29, 1.82) is 0 Å². The molecule has 0 aliphatic rings. The van der Waals surface area contributed by atoms with E-state index in [4.69, 9.17) is 5.73 Å². The van der Waals surface area contributed by atoms with Gasteiger partial charge in [-0.15, -0.1) is 0 Å². The molecule has 0 aromatic heterocycles. The van der Waals surface area contributed by atoms with E-state index in [2.05, 4.69) is 4.90 Å². The minimum absolute atomic E-state index is 0.127. The Morgan fingerprint density at radius 2 is 2.00 bits per heavy atom. The zero-order valence-electron chi connectivity index (χ0n) is 9.08. The van der Waals surface area contributed by atoms with Crippen LogP contribution >= 0.6 is 0 Å². The molecule has 0 aliphatic heterocycles. The van der Waals surface area contributed by atoms with E-state index >= 15 is 0 Å². The molecule has 78 valence electrons. The maximum atomic E-state index is 11.4. The van der Waals surface area contributed by atoms with Crippen LogP contribution in [0.15, 0.2) is 0 Å². The summed E-state index contributed by atoms with van der Waals surface area (Å²) >= 11 is 0. The second kappa shape index (κ2) is 5.94. The molecular formula is C9H21N3O. The molecule has 0 aromatic carbocycles. The maximum absolute atomic E-state index is 11.4. The lowest BCUT2D eigenvalue weighted by Crippen LogP contribution is -2.44. The van der Waals surface area contributed by atoms with Crippen LogP contribution in [0, 0.1) is 0 Å². The summed E-state index contributed by atoms with van der Waals surface area (Å²) in [4.78, 5) is 15.1. The summed E-state index contributed by atoms with van der Waals surface area (Å²) in [5, 5.41) is 0.